The Hall–Kier alpha value is -0.870. The Morgan fingerprint density at radius 3 is 2.71 bits per heavy atom. The molecule has 1 unspecified atom stereocenters. The Bertz CT molecular complexity index is 294. The number of aromatic nitrogens is 2. The first-order valence-corrected chi connectivity index (χ1v) is 4.92. The molecule has 1 rings (SSSR count). The largest absolute Gasteiger partial charge is 0.387 e. The normalized spacial score (nSPS) is 13.6. The van der Waals surface area contributed by atoms with Crippen LogP contribution in [0.2, 0.25) is 0 Å². The summed E-state index contributed by atoms with van der Waals surface area (Å²) in [5, 5.41) is 17.1. The van der Waals surface area contributed by atoms with Crippen molar-refractivity contribution in [3.63, 3.8) is 0 Å². The molecule has 0 bridgehead atoms. The summed E-state index contributed by atoms with van der Waals surface area (Å²) in [5.41, 5.74) is 1.91. The number of rotatable bonds is 4. The van der Waals surface area contributed by atoms with E-state index >= 15 is 0 Å². The molecular weight excluding hydrogens is 178 g/mol. The molecule has 0 aromatic carbocycles. The molecule has 0 aliphatic heterocycles. The molecule has 1 aromatic heterocycles. The Balaban J connectivity index is 2.94. The second-order valence-corrected chi connectivity index (χ2v) is 3.87. The summed E-state index contributed by atoms with van der Waals surface area (Å²) >= 11 is 0. The van der Waals surface area contributed by atoms with E-state index in [0.29, 0.717) is 12.5 Å². The lowest BCUT2D eigenvalue weighted by Crippen LogP contribution is -2.17. The minimum atomic E-state index is -0.467. The van der Waals surface area contributed by atoms with Crippen molar-refractivity contribution in [2.75, 3.05) is 13.6 Å². The predicted octanol–water partition coefficient (Wildman–Crippen LogP) is 0.796. The zero-order chi connectivity index (χ0) is 10.7. The molecule has 1 heterocycles. The summed E-state index contributed by atoms with van der Waals surface area (Å²) < 4.78 is 1.75. The highest BCUT2D eigenvalue weighted by Gasteiger charge is 2.17. The first kappa shape index (κ1) is 11.2. The zero-order valence-electron chi connectivity index (χ0n) is 9.28. The van der Waals surface area contributed by atoms with Crippen LogP contribution in [0.25, 0.3) is 0 Å². The summed E-state index contributed by atoms with van der Waals surface area (Å²) in [5.74, 6) is 0.345. The standard InChI is InChI=1S/C10H19N3O/c1-7(2)10-8(6-13(4)12-10)9(14)5-11-3/h6-7,9,11,14H,5H2,1-4H3. The third-order valence-electron chi connectivity index (χ3n) is 2.19. The molecule has 0 saturated carbocycles. The number of aliphatic hydroxyl groups excluding tert-OH is 1. The van der Waals surface area contributed by atoms with E-state index in [1.165, 1.54) is 0 Å². The second kappa shape index (κ2) is 4.57. The Morgan fingerprint density at radius 2 is 2.21 bits per heavy atom. The van der Waals surface area contributed by atoms with Crippen molar-refractivity contribution in [2.24, 2.45) is 7.05 Å². The average Bonchev–Trinajstić information content (AvgIpc) is 2.48. The molecule has 0 saturated heterocycles. The van der Waals surface area contributed by atoms with E-state index in [0.717, 1.165) is 11.3 Å². The van der Waals surface area contributed by atoms with Crippen LogP contribution in [0.4, 0.5) is 0 Å². The summed E-state index contributed by atoms with van der Waals surface area (Å²) in [7, 11) is 3.70. The van der Waals surface area contributed by atoms with E-state index in [2.05, 4.69) is 24.3 Å². The lowest BCUT2D eigenvalue weighted by molar-refractivity contribution is 0.176. The molecule has 4 nitrogen and oxygen atoms in total. The molecule has 0 aliphatic rings. The molecule has 4 heteroatoms. The van der Waals surface area contributed by atoms with E-state index < -0.39 is 6.10 Å². The number of nitrogens with zero attached hydrogens (tertiary/aromatic N) is 2. The topological polar surface area (TPSA) is 50.1 Å². The van der Waals surface area contributed by atoms with E-state index in [1.54, 1.807) is 4.68 Å². The highest BCUT2D eigenvalue weighted by atomic mass is 16.3. The number of hydrogen-bond donors (Lipinski definition) is 2. The van der Waals surface area contributed by atoms with Crippen molar-refractivity contribution in [2.45, 2.75) is 25.9 Å². The highest BCUT2D eigenvalue weighted by molar-refractivity contribution is 5.23. The van der Waals surface area contributed by atoms with Crippen LogP contribution in [0, 0.1) is 0 Å². The van der Waals surface area contributed by atoms with Gasteiger partial charge >= 0.3 is 0 Å². The maximum atomic E-state index is 9.85. The smallest absolute Gasteiger partial charge is 0.0947 e. The minimum absolute atomic E-state index is 0.345. The second-order valence-electron chi connectivity index (χ2n) is 3.87. The van der Waals surface area contributed by atoms with Crippen LogP contribution in [-0.4, -0.2) is 28.5 Å². The monoisotopic (exact) mass is 197 g/mol. The van der Waals surface area contributed by atoms with Gasteiger partial charge in [-0.2, -0.15) is 5.10 Å². The maximum Gasteiger partial charge on any atom is 0.0947 e. The van der Waals surface area contributed by atoms with Gasteiger partial charge in [0.25, 0.3) is 0 Å². The molecule has 0 spiro atoms. The molecule has 2 N–H and O–H groups in total. The van der Waals surface area contributed by atoms with Crippen LogP contribution >= 0.6 is 0 Å². The van der Waals surface area contributed by atoms with Gasteiger partial charge in [-0.25, -0.2) is 0 Å². The zero-order valence-corrected chi connectivity index (χ0v) is 9.28. The minimum Gasteiger partial charge on any atom is -0.387 e. The molecule has 1 aromatic rings. The van der Waals surface area contributed by atoms with Crippen LogP contribution in [0.3, 0.4) is 0 Å². The maximum absolute atomic E-state index is 9.85. The summed E-state index contributed by atoms with van der Waals surface area (Å²) in [6, 6.07) is 0. The Morgan fingerprint density at radius 1 is 1.57 bits per heavy atom. The summed E-state index contributed by atoms with van der Waals surface area (Å²) in [6.45, 7) is 4.72. The quantitative estimate of drug-likeness (QED) is 0.750. The molecule has 0 fully saturated rings. The molecule has 80 valence electrons. The van der Waals surface area contributed by atoms with Crippen molar-refractivity contribution in [1.82, 2.24) is 15.1 Å². The van der Waals surface area contributed by atoms with Crippen LogP contribution < -0.4 is 5.32 Å². The fourth-order valence-electron chi connectivity index (χ4n) is 1.53. The van der Waals surface area contributed by atoms with Crippen molar-refractivity contribution in [3.05, 3.63) is 17.5 Å². The number of hydrogen-bond acceptors (Lipinski definition) is 3. The van der Waals surface area contributed by atoms with Crippen LogP contribution in [0.5, 0.6) is 0 Å². The summed E-state index contributed by atoms with van der Waals surface area (Å²) in [4.78, 5) is 0. The number of nitrogens with one attached hydrogen (secondary N) is 1. The van der Waals surface area contributed by atoms with Gasteiger partial charge in [0, 0.05) is 25.4 Å². The molecule has 0 aliphatic carbocycles. The highest BCUT2D eigenvalue weighted by Crippen LogP contribution is 2.22. The molecule has 14 heavy (non-hydrogen) atoms. The number of likely N-dealkylation sites (N-methyl/N-ethyl adjacent to an activating group) is 1. The van der Waals surface area contributed by atoms with Crippen molar-refractivity contribution in [3.8, 4) is 0 Å². The van der Waals surface area contributed by atoms with Gasteiger partial charge in [0.1, 0.15) is 0 Å². The van der Waals surface area contributed by atoms with Gasteiger partial charge in [0.2, 0.25) is 0 Å². The van der Waals surface area contributed by atoms with Gasteiger partial charge in [-0.1, -0.05) is 13.8 Å². The fraction of sp³-hybridized carbons (Fsp3) is 0.700. The first-order valence-electron chi connectivity index (χ1n) is 4.92. The SMILES string of the molecule is CNCC(O)c1cn(C)nc1C(C)C. The van der Waals surface area contributed by atoms with Gasteiger partial charge < -0.3 is 10.4 Å². The van der Waals surface area contributed by atoms with E-state index in [1.807, 2.05) is 20.3 Å². The molecule has 0 amide bonds. The van der Waals surface area contributed by atoms with E-state index in [4.69, 9.17) is 0 Å². The van der Waals surface area contributed by atoms with Crippen LogP contribution in [0.1, 0.15) is 37.1 Å². The molecule has 0 radical (unpaired) electrons. The number of aliphatic hydroxyl groups is 1. The van der Waals surface area contributed by atoms with Gasteiger partial charge in [0.15, 0.2) is 0 Å². The van der Waals surface area contributed by atoms with Crippen molar-refractivity contribution in [1.29, 1.82) is 0 Å². The van der Waals surface area contributed by atoms with Crippen LogP contribution in [0.15, 0.2) is 6.20 Å². The third kappa shape index (κ3) is 2.33. The Kier molecular flexibility index (Phi) is 3.66. The lowest BCUT2D eigenvalue weighted by atomic mass is 10.0. The van der Waals surface area contributed by atoms with Crippen LogP contribution in [-0.2, 0) is 7.05 Å². The van der Waals surface area contributed by atoms with E-state index in [-0.39, 0.29) is 0 Å². The predicted molar refractivity (Wildman–Crippen MR) is 56.2 cm³/mol. The van der Waals surface area contributed by atoms with Gasteiger partial charge in [-0.05, 0) is 13.0 Å². The fourth-order valence-corrected chi connectivity index (χ4v) is 1.53. The Labute approximate surface area is 84.9 Å². The third-order valence-corrected chi connectivity index (χ3v) is 2.19. The molecule has 1 atom stereocenters. The summed E-state index contributed by atoms with van der Waals surface area (Å²) in [6.07, 6.45) is 1.42. The van der Waals surface area contributed by atoms with Crippen molar-refractivity contribution < 1.29 is 5.11 Å². The first-order chi connectivity index (χ1) is 6.56. The van der Waals surface area contributed by atoms with Gasteiger partial charge in [-0.3, -0.25) is 4.68 Å². The van der Waals surface area contributed by atoms with Crippen molar-refractivity contribution >= 4 is 0 Å². The lowest BCUT2D eigenvalue weighted by Gasteiger charge is -2.11. The van der Waals surface area contributed by atoms with Gasteiger partial charge in [-0.15, -0.1) is 0 Å². The average molecular weight is 197 g/mol. The number of aryl methyl sites for hydroxylation is 1. The molecular formula is C10H19N3O. The van der Waals surface area contributed by atoms with Gasteiger partial charge in [0.05, 0.1) is 11.8 Å². The van der Waals surface area contributed by atoms with E-state index in [9.17, 15) is 5.11 Å².